The van der Waals surface area contributed by atoms with Crippen LogP contribution in [0.25, 0.3) is 0 Å². The van der Waals surface area contributed by atoms with Gasteiger partial charge in [0.15, 0.2) is 11.6 Å². The van der Waals surface area contributed by atoms with Crippen LogP contribution in [0.3, 0.4) is 0 Å². The van der Waals surface area contributed by atoms with Crippen LogP contribution in [-0.2, 0) is 0 Å². The zero-order valence-electron chi connectivity index (χ0n) is 15.7. The SMILES string of the molecule is COc1ccc(C)nc1N1CC[C@H](COc2nc(C3CC3)ncc2C#N)C1. The number of nitriles is 1. The molecule has 0 spiro atoms. The second kappa shape index (κ2) is 7.39. The summed E-state index contributed by atoms with van der Waals surface area (Å²) in [5, 5.41) is 9.29. The molecule has 1 aliphatic carbocycles. The van der Waals surface area contributed by atoms with E-state index >= 15 is 0 Å². The Morgan fingerprint density at radius 2 is 2.11 bits per heavy atom. The molecule has 0 radical (unpaired) electrons. The summed E-state index contributed by atoms with van der Waals surface area (Å²) in [6.45, 7) is 4.26. The fourth-order valence-corrected chi connectivity index (χ4v) is 3.38. The summed E-state index contributed by atoms with van der Waals surface area (Å²) in [7, 11) is 1.67. The Morgan fingerprint density at radius 1 is 1.26 bits per heavy atom. The third kappa shape index (κ3) is 3.80. The number of rotatable bonds is 6. The van der Waals surface area contributed by atoms with Crippen LogP contribution in [0.1, 0.15) is 42.3 Å². The monoisotopic (exact) mass is 365 g/mol. The smallest absolute Gasteiger partial charge is 0.235 e. The first-order valence-corrected chi connectivity index (χ1v) is 9.34. The van der Waals surface area contributed by atoms with Gasteiger partial charge in [0.1, 0.15) is 17.5 Å². The largest absolute Gasteiger partial charge is 0.493 e. The van der Waals surface area contributed by atoms with Gasteiger partial charge in [-0.3, -0.25) is 0 Å². The minimum Gasteiger partial charge on any atom is -0.493 e. The van der Waals surface area contributed by atoms with Gasteiger partial charge >= 0.3 is 0 Å². The molecule has 2 aromatic rings. The molecule has 2 aliphatic rings. The van der Waals surface area contributed by atoms with Crippen LogP contribution < -0.4 is 14.4 Å². The van der Waals surface area contributed by atoms with E-state index in [-0.39, 0.29) is 0 Å². The highest BCUT2D eigenvalue weighted by atomic mass is 16.5. The molecular formula is C20H23N5O2. The molecule has 7 nitrogen and oxygen atoms in total. The predicted molar refractivity (Wildman–Crippen MR) is 100 cm³/mol. The van der Waals surface area contributed by atoms with Gasteiger partial charge in [0.05, 0.1) is 19.9 Å². The fourth-order valence-electron chi connectivity index (χ4n) is 3.38. The maximum atomic E-state index is 9.29. The molecule has 4 rings (SSSR count). The van der Waals surface area contributed by atoms with Gasteiger partial charge < -0.3 is 14.4 Å². The number of anilines is 1. The summed E-state index contributed by atoms with van der Waals surface area (Å²) in [5.41, 5.74) is 1.37. The molecule has 2 aromatic heterocycles. The number of hydrogen-bond donors (Lipinski definition) is 0. The molecule has 1 atom stereocenters. The molecule has 0 N–H and O–H groups in total. The van der Waals surface area contributed by atoms with E-state index in [4.69, 9.17) is 9.47 Å². The molecule has 2 fully saturated rings. The summed E-state index contributed by atoms with van der Waals surface area (Å²) in [6.07, 6.45) is 4.82. The van der Waals surface area contributed by atoms with Crippen LogP contribution in [0.2, 0.25) is 0 Å². The average molecular weight is 365 g/mol. The van der Waals surface area contributed by atoms with Gasteiger partial charge in [-0.2, -0.15) is 10.2 Å². The molecule has 1 saturated heterocycles. The van der Waals surface area contributed by atoms with Crippen molar-refractivity contribution in [2.24, 2.45) is 5.92 Å². The maximum absolute atomic E-state index is 9.29. The zero-order chi connectivity index (χ0) is 18.8. The van der Waals surface area contributed by atoms with Crippen molar-refractivity contribution in [3.8, 4) is 17.7 Å². The highest BCUT2D eigenvalue weighted by molar-refractivity contribution is 5.53. The first-order chi connectivity index (χ1) is 13.2. The second-order valence-corrected chi connectivity index (χ2v) is 7.22. The number of nitrogens with zero attached hydrogens (tertiary/aromatic N) is 5. The molecular weight excluding hydrogens is 342 g/mol. The molecule has 3 heterocycles. The van der Waals surface area contributed by atoms with E-state index < -0.39 is 0 Å². The maximum Gasteiger partial charge on any atom is 0.235 e. The van der Waals surface area contributed by atoms with E-state index in [1.807, 2.05) is 19.1 Å². The van der Waals surface area contributed by atoms with Crippen molar-refractivity contribution in [3.05, 3.63) is 35.4 Å². The van der Waals surface area contributed by atoms with Crippen molar-refractivity contribution in [3.63, 3.8) is 0 Å². The topological polar surface area (TPSA) is 84.2 Å². The number of aromatic nitrogens is 3. The zero-order valence-corrected chi connectivity index (χ0v) is 15.7. The highest BCUT2D eigenvalue weighted by Crippen LogP contribution is 2.38. The summed E-state index contributed by atoms with van der Waals surface area (Å²) in [5.74, 6) is 3.67. The van der Waals surface area contributed by atoms with Crippen molar-refractivity contribution in [1.29, 1.82) is 5.26 Å². The van der Waals surface area contributed by atoms with E-state index in [0.717, 1.165) is 55.4 Å². The van der Waals surface area contributed by atoms with Crippen LogP contribution in [0, 0.1) is 24.2 Å². The number of methoxy groups -OCH3 is 1. The second-order valence-electron chi connectivity index (χ2n) is 7.22. The van der Waals surface area contributed by atoms with Gasteiger partial charge in [-0.15, -0.1) is 0 Å². The van der Waals surface area contributed by atoms with Crippen molar-refractivity contribution in [1.82, 2.24) is 15.0 Å². The van der Waals surface area contributed by atoms with Crippen LogP contribution >= 0.6 is 0 Å². The summed E-state index contributed by atoms with van der Waals surface area (Å²) in [4.78, 5) is 15.6. The predicted octanol–water partition coefficient (Wildman–Crippen LogP) is 2.84. The Bertz CT molecular complexity index is 875. The van der Waals surface area contributed by atoms with E-state index in [0.29, 0.717) is 29.9 Å². The molecule has 7 heteroatoms. The fraction of sp³-hybridized carbons (Fsp3) is 0.500. The molecule has 27 heavy (non-hydrogen) atoms. The summed E-state index contributed by atoms with van der Waals surface area (Å²) >= 11 is 0. The summed E-state index contributed by atoms with van der Waals surface area (Å²) < 4.78 is 11.4. The highest BCUT2D eigenvalue weighted by Gasteiger charge is 2.29. The van der Waals surface area contributed by atoms with E-state index in [2.05, 4.69) is 25.9 Å². The minimum absolute atomic E-state index is 0.350. The van der Waals surface area contributed by atoms with Gasteiger partial charge in [-0.1, -0.05) is 0 Å². The van der Waals surface area contributed by atoms with E-state index in [9.17, 15) is 5.26 Å². The Morgan fingerprint density at radius 3 is 2.85 bits per heavy atom. The van der Waals surface area contributed by atoms with Gasteiger partial charge in [-0.25, -0.2) is 9.97 Å². The van der Waals surface area contributed by atoms with Crippen molar-refractivity contribution >= 4 is 5.82 Å². The normalized spacial score (nSPS) is 19.0. The van der Waals surface area contributed by atoms with Crippen LogP contribution in [0.4, 0.5) is 5.82 Å². The molecule has 0 amide bonds. The molecule has 140 valence electrons. The lowest BCUT2D eigenvalue weighted by Gasteiger charge is -2.20. The van der Waals surface area contributed by atoms with Crippen LogP contribution in [-0.4, -0.2) is 41.8 Å². The van der Waals surface area contributed by atoms with E-state index in [1.54, 1.807) is 13.3 Å². The lowest BCUT2D eigenvalue weighted by Crippen LogP contribution is -2.23. The molecule has 0 bridgehead atoms. The number of ether oxygens (including phenoxy) is 2. The number of hydrogen-bond acceptors (Lipinski definition) is 7. The first kappa shape index (κ1) is 17.5. The molecule has 0 unspecified atom stereocenters. The van der Waals surface area contributed by atoms with Gasteiger partial charge in [0.25, 0.3) is 0 Å². The Kier molecular flexibility index (Phi) is 4.80. The number of pyridine rings is 1. The van der Waals surface area contributed by atoms with Crippen LogP contribution in [0.15, 0.2) is 18.3 Å². The Labute approximate surface area is 159 Å². The Hall–Kier alpha value is -2.88. The van der Waals surface area contributed by atoms with Crippen molar-refractivity contribution < 1.29 is 9.47 Å². The summed E-state index contributed by atoms with van der Waals surface area (Å²) in [6, 6.07) is 6.04. The van der Waals surface area contributed by atoms with E-state index in [1.165, 1.54) is 0 Å². The first-order valence-electron chi connectivity index (χ1n) is 9.34. The van der Waals surface area contributed by atoms with Crippen molar-refractivity contribution in [2.75, 3.05) is 31.7 Å². The third-order valence-corrected chi connectivity index (χ3v) is 5.07. The standard InChI is InChI=1S/C20H23N5O2/c1-13-3-6-17(26-2)19(23-13)25-8-7-14(11-25)12-27-20-16(9-21)10-22-18(24-20)15-4-5-15/h3,6,10,14-15H,4-5,7-8,11-12H2,1-2H3/t14-/m0/s1. The van der Waals surface area contributed by atoms with Gasteiger partial charge in [-0.05, 0) is 38.3 Å². The quantitative estimate of drug-likeness (QED) is 0.778. The Balaban J connectivity index is 1.42. The number of aryl methyl sites for hydroxylation is 1. The molecule has 0 aromatic carbocycles. The van der Waals surface area contributed by atoms with Gasteiger partial charge in [0, 0.05) is 30.6 Å². The lowest BCUT2D eigenvalue weighted by molar-refractivity contribution is 0.250. The minimum atomic E-state index is 0.350. The average Bonchev–Trinajstić information content (AvgIpc) is 3.44. The molecule has 1 aliphatic heterocycles. The lowest BCUT2D eigenvalue weighted by atomic mass is 10.1. The van der Waals surface area contributed by atoms with Crippen LogP contribution in [0.5, 0.6) is 11.6 Å². The third-order valence-electron chi connectivity index (χ3n) is 5.07. The molecule has 1 saturated carbocycles. The van der Waals surface area contributed by atoms with Gasteiger partial charge in [0.2, 0.25) is 5.88 Å². The van der Waals surface area contributed by atoms with Crippen molar-refractivity contribution in [2.45, 2.75) is 32.1 Å².